The number of aryl methyl sites for hydroxylation is 1. The first-order valence-electron chi connectivity index (χ1n) is 8.39. The van der Waals surface area contributed by atoms with E-state index in [1.807, 2.05) is 37.3 Å². The van der Waals surface area contributed by atoms with Crippen molar-refractivity contribution in [2.24, 2.45) is 0 Å². The average Bonchev–Trinajstić information content (AvgIpc) is 3.21. The van der Waals surface area contributed by atoms with Crippen molar-refractivity contribution in [1.29, 1.82) is 0 Å². The first-order valence-corrected chi connectivity index (χ1v) is 8.39. The van der Waals surface area contributed by atoms with Gasteiger partial charge in [-0.3, -0.25) is 4.79 Å². The van der Waals surface area contributed by atoms with Gasteiger partial charge in [0.25, 0.3) is 5.91 Å². The molecule has 27 heavy (non-hydrogen) atoms. The van der Waals surface area contributed by atoms with Crippen molar-refractivity contribution in [2.45, 2.75) is 6.92 Å². The van der Waals surface area contributed by atoms with E-state index in [0.29, 0.717) is 22.6 Å². The highest BCUT2D eigenvalue weighted by Gasteiger charge is 2.15. The number of furan rings is 1. The van der Waals surface area contributed by atoms with E-state index in [1.54, 1.807) is 42.7 Å². The summed E-state index contributed by atoms with van der Waals surface area (Å²) < 4.78 is 10.1. The summed E-state index contributed by atoms with van der Waals surface area (Å²) in [5.41, 5.74) is 2.96. The molecule has 0 atom stereocenters. The average molecular weight is 361 g/mol. The van der Waals surface area contributed by atoms with Crippen LogP contribution in [0.4, 0.5) is 5.69 Å². The molecular formula is C22H19NO4. The van der Waals surface area contributed by atoms with Crippen LogP contribution in [-0.4, -0.2) is 19.0 Å². The number of anilines is 1. The molecule has 0 saturated heterocycles. The fourth-order valence-corrected chi connectivity index (χ4v) is 2.60. The number of nitrogens with one attached hydrogen (secondary N) is 1. The zero-order valence-electron chi connectivity index (χ0n) is 15.1. The lowest BCUT2D eigenvalue weighted by molar-refractivity contribution is -0.111. The lowest BCUT2D eigenvalue weighted by Gasteiger charge is -2.12. The number of methoxy groups -OCH3 is 1. The van der Waals surface area contributed by atoms with Crippen LogP contribution in [0.15, 0.2) is 71.3 Å². The third-order valence-electron chi connectivity index (χ3n) is 4.07. The van der Waals surface area contributed by atoms with Crippen molar-refractivity contribution in [3.8, 4) is 0 Å². The molecule has 5 heteroatoms. The molecule has 1 aromatic heterocycles. The first kappa shape index (κ1) is 18.2. The number of carbonyl (C=O) groups is 2. The van der Waals surface area contributed by atoms with Crippen molar-refractivity contribution in [1.82, 2.24) is 0 Å². The Hall–Kier alpha value is -3.60. The molecule has 5 nitrogen and oxygen atoms in total. The predicted molar refractivity (Wildman–Crippen MR) is 104 cm³/mol. The molecule has 0 radical (unpaired) electrons. The van der Waals surface area contributed by atoms with Gasteiger partial charge in [0.1, 0.15) is 5.76 Å². The third-order valence-corrected chi connectivity index (χ3v) is 4.07. The molecule has 0 aliphatic rings. The highest BCUT2D eigenvalue weighted by molar-refractivity contribution is 6.29. The molecule has 3 rings (SSSR count). The predicted octanol–water partition coefficient (Wildman–Crippen LogP) is 4.55. The summed E-state index contributed by atoms with van der Waals surface area (Å²) in [5, 5.41) is 2.88. The molecule has 1 heterocycles. The van der Waals surface area contributed by atoms with E-state index in [4.69, 9.17) is 9.15 Å². The molecule has 0 unspecified atom stereocenters. The van der Waals surface area contributed by atoms with Gasteiger partial charge >= 0.3 is 5.97 Å². The highest BCUT2D eigenvalue weighted by Crippen LogP contribution is 2.23. The van der Waals surface area contributed by atoms with Gasteiger partial charge in [-0.05, 0) is 48.4 Å². The van der Waals surface area contributed by atoms with Crippen LogP contribution >= 0.6 is 0 Å². The standard InChI is InChI=1S/C22H19NO4/c1-15-10-11-17(22(25)26-2)13-20(15)23-21(24)19(14-18-9-6-12-27-18)16-7-4-3-5-8-16/h3-14H,1-2H3,(H,23,24)/b19-14+. The van der Waals surface area contributed by atoms with Crippen LogP contribution in [0, 0.1) is 6.92 Å². The number of hydrogen-bond acceptors (Lipinski definition) is 4. The summed E-state index contributed by atoms with van der Waals surface area (Å²) in [7, 11) is 1.32. The number of esters is 1. The van der Waals surface area contributed by atoms with Crippen LogP contribution in [-0.2, 0) is 9.53 Å². The molecule has 0 aliphatic carbocycles. The van der Waals surface area contributed by atoms with Gasteiger partial charge in [-0.1, -0.05) is 36.4 Å². The third kappa shape index (κ3) is 4.33. The lowest BCUT2D eigenvalue weighted by atomic mass is 10.0. The Bertz CT molecular complexity index is 973. The van der Waals surface area contributed by atoms with Crippen LogP contribution in [0.1, 0.15) is 27.2 Å². The number of rotatable bonds is 5. The Morgan fingerprint density at radius 3 is 2.44 bits per heavy atom. The maximum absolute atomic E-state index is 13.0. The number of carbonyl (C=O) groups excluding carboxylic acids is 2. The Morgan fingerprint density at radius 1 is 1.00 bits per heavy atom. The fraction of sp³-hybridized carbons (Fsp3) is 0.0909. The lowest BCUT2D eigenvalue weighted by Crippen LogP contribution is -2.15. The first-order chi connectivity index (χ1) is 13.1. The molecule has 0 aliphatic heterocycles. The molecule has 0 fully saturated rings. The number of amides is 1. The molecular weight excluding hydrogens is 342 g/mol. The summed E-state index contributed by atoms with van der Waals surface area (Å²) in [6, 6.07) is 17.9. The normalized spacial score (nSPS) is 11.1. The number of ether oxygens (including phenoxy) is 1. The minimum Gasteiger partial charge on any atom is -0.465 e. The second kappa shape index (κ2) is 8.19. The van der Waals surface area contributed by atoms with E-state index in [9.17, 15) is 9.59 Å². The Labute approximate surface area is 157 Å². The minimum absolute atomic E-state index is 0.303. The van der Waals surface area contributed by atoms with Crippen molar-refractivity contribution >= 4 is 29.2 Å². The maximum Gasteiger partial charge on any atom is 0.337 e. The van der Waals surface area contributed by atoms with Crippen LogP contribution in [0.5, 0.6) is 0 Å². The van der Waals surface area contributed by atoms with E-state index < -0.39 is 5.97 Å². The van der Waals surface area contributed by atoms with Gasteiger partial charge in [0.15, 0.2) is 0 Å². The Morgan fingerprint density at radius 2 is 1.78 bits per heavy atom. The second-order valence-corrected chi connectivity index (χ2v) is 5.91. The topological polar surface area (TPSA) is 68.5 Å². The van der Waals surface area contributed by atoms with E-state index in [1.165, 1.54) is 7.11 Å². The molecule has 1 amide bonds. The van der Waals surface area contributed by atoms with E-state index in [2.05, 4.69) is 5.32 Å². The SMILES string of the molecule is COC(=O)c1ccc(C)c(NC(=O)/C(=C/c2ccco2)c2ccccc2)c1. The second-order valence-electron chi connectivity index (χ2n) is 5.91. The van der Waals surface area contributed by atoms with Gasteiger partial charge in [-0.2, -0.15) is 0 Å². The molecule has 0 bridgehead atoms. The molecule has 2 aromatic carbocycles. The largest absolute Gasteiger partial charge is 0.465 e. The van der Waals surface area contributed by atoms with E-state index >= 15 is 0 Å². The quantitative estimate of drug-likeness (QED) is 0.534. The fourth-order valence-electron chi connectivity index (χ4n) is 2.60. The van der Waals surface area contributed by atoms with E-state index in [-0.39, 0.29) is 5.91 Å². The summed E-state index contributed by atoms with van der Waals surface area (Å²) in [6.07, 6.45) is 3.24. The monoisotopic (exact) mass is 361 g/mol. The maximum atomic E-state index is 13.0. The van der Waals surface area contributed by atoms with Crippen molar-refractivity contribution in [3.63, 3.8) is 0 Å². The summed E-state index contributed by atoms with van der Waals surface area (Å²) in [4.78, 5) is 24.8. The van der Waals surface area contributed by atoms with E-state index in [0.717, 1.165) is 11.1 Å². The van der Waals surface area contributed by atoms with Crippen LogP contribution < -0.4 is 5.32 Å². The summed E-state index contributed by atoms with van der Waals surface area (Å²) in [5.74, 6) is -0.188. The Balaban J connectivity index is 1.95. The van der Waals surface area contributed by atoms with Gasteiger partial charge in [0.05, 0.1) is 24.5 Å². The summed E-state index contributed by atoms with van der Waals surface area (Å²) >= 11 is 0. The van der Waals surface area contributed by atoms with Gasteiger partial charge in [0, 0.05) is 5.69 Å². The molecule has 0 saturated carbocycles. The zero-order valence-corrected chi connectivity index (χ0v) is 15.1. The van der Waals surface area contributed by atoms with Gasteiger partial charge < -0.3 is 14.5 Å². The number of benzene rings is 2. The van der Waals surface area contributed by atoms with Crippen molar-refractivity contribution in [2.75, 3.05) is 12.4 Å². The number of hydrogen-bond donors (Lipinski definition) is 1. The Kier molecular flexibility index (Phi) is 5.52. The molecule has 0 spiro atoms. The van der Waals surface area contributed by atoms with Crippen molar-refractivity contribution < 1.29 is 18.7 Å². The summed E-state index contributed by atoms with van der Waals surface area (Å²) in [6.45, 7) is 1.86. The molecule has 3 aromatic rings. The van der Waals surface area contributed by atoms with Crippen LogP contribution in [0.3, 0.4) is 0 Å². The highest BCUT2D eigenvalue weighted by atomic mass is 16.5. The van der Waals surface area contributed by atoms with Crippen molar-refractivity contribution in [3.05, 3.63) is 89.4 Å². The molecule has 136 valence electrons. The molecule has 1 N–H and O–H groups in total. The van der Waals surface area contributed by atoms with Crippen LogP contribution in [0.25, 0.3) is 11.6 Å². The van der Waals surface area contributed by atoms with Gasteiger partial charge in [0.2, 0.25) is 0 Å². The minimum atomic E-state index is -0.458. The zero-order chi connectivity index (χ0) is 19.2. The van der Waals surface area contributed by atoms with Gasteiger partial charge in [-0.15, -0.1) is 0 Å². The van der Waals surface area contributed by atoms with Gasteiger partial charge in [-0.25, -0.2) is 4.79 Å². The smallest absolute Gasteiger partial charge is 0.337 e. The van der Waals surface area contributed by atoms with Crippen LogP contribution in [0.2, 0.25) is 0 Å².